The minimum absolute atomic E-state index is 0.331. The zero-order chi connectivity index (χ0) is 4.99. The van der Waals surface area contributed by atoms with Crippen LogP contribution < -0.4 is 5.73 Å². The Balaban J connectivity index is 3.14. The summed E-state index contributed by atoms with van der Waals surface area (Å²) in [5.41, 5.74) is 6.18. The molecule has 1 radical (unpaired) electrons. The second-order valence-electron chi connectivity index (χ2n) is 0.698. The van der Waals surface area contributed by atoms with E-state index in [1.807, 2.05) is 0 Å². The fraction of sp³-hybridized carbons (Fsp3) is 0.333. The van der Waals surface area contributed by atoms with E-state index < -0.39 is 6.08 Å². The second kappa shape index (κ2) is 2.78. The monoisotopic (exact) mass is 92.0 g/mol. The lowest BCUT2D eigenvalue weighted by molar-refractivity contribution is 0.419. The topological polar surface area (TPSA) is 23.8 Å². The maximum atomic E-state index is 10.8. The van der Waals surface area contributed by atoms with Gasteiger partial charge >= 0.3 is 0 Å². The fourth-order valence-electron chi connectivity index (χ4n) is 0.0772. The summed E-state index contributed by atoms with van der Waals surface area (Å²) in [6, 6.07) is 0. The van der Waals surface area contributed by atoms with E-state index in [4.69, 9.17) is 5.73 Å². The lowest BCUT2D eigenvalue weighted by atomic mass is 10.6. The third-order valence-corrected chi connectivity index (χ3v) is 0.256. The van der Waals surface area contributed by atoms with Crippen molar-refractivity contribution in [2.45, 2.75) is 0 Å². The van der Waals surface area contributed by atoms with Crippen LogP contribution in [0.4, 0.5) is 8.78 Å². The van der Waals surface area contributed by atoms with Crippen LogP contribution in [0.1, 0.15) is 0 Å². The van der Waals surface area contributed by atoms with Crippen molar-refractivity contribution in [1.29, 1.82) is 0 Å². The molecule has 1 nitrogen and oxygen atoms in total. The molecule has 0 aromatic carbocycles. The predicted molar refractivity (Wildman–Crippen MR) is 18.3 cm³/mol. The maximum Gasteiger partial charge on any atom is 0.267 e. The number of nitrogens with one attached hydrogen (secondary N) is 1. The van der Waals surface area contributed by atoms with Crippen molar-refractivity contribution in [3.63, 3.8) is 0 Å². The normalized spacial score (nSPS) is 7.83. The van der Waals surface area contributed by atoms with Crippen LogP contribution in [0.15, 0.2) is 12.2 Å². The Hall–Kier alpha value is -0.440. The summed E-state index contributed by atoms with van der Waals surface area (Å²) in [6.07, 6.45) is -1.23. The average molecular weight is 92.1 g/mol. The first kappa shape index (κ1) is 5.56. The van der Waals surface area contributed by atoms with Crippen molar-refractivity contribution >= 4 is 0 Å². The van der Waals surface area contributed by atoms with Crippen LogP contribution in [0, 0.1) is 0 Å². The first-order valence-electron chi connectivity index (χ1n) is 1.43. The van der Waals surface area contributed by atoms with E-state index >= 15 is 0 Å². The lowest BCUT2D eigenvalue weighted by Crippen LogP contribution is -1.73. The third kappa shape index (κ3) is 3.56. The molecular formula is C3H4F2N. The molecule has 0 unspecified atom stereocenters. The van der Waals surface area contributed by atoms with E-state index in [9.17, 15) is 8.78 Å². The smallest absolute Gasteiger partial charge is 0.254 e. The van der Waals surface area contributed by atoms with E-state index in [2.05, 4.69) is 0 Å². The molecule has 0 fully saturated rings. The van der Waals surface area contributed by atoms with Crippen molar-refractivity contribution in [2.24, 2.45) is 0 Å². The van der Waals surface area contributed by atoms with E-state index in [-0.39, 0.29) is 6.54 Å². The standard InChI is InChI=1S/C3H4F2N/c4-3(5)1-2-6/h1,6H,2H2. The van der Waals surface area contributed by atoms with Gasteiger partial charge in [0, 0.05) is 6.54 Å². The highest BCUT2D eigenvalue weighted by molar-refractivity contribution is 4.79. The highest BCUT2D eigenvalue weighted by Gasteiger charge is 1.79. The van der Waals surface area contributed by atoms with Crippen LogP contribution in [0.2, 0.25) is 0 Å². The maximum absolute atomic E-state index is 10.8. The van der Waals surface area contributed by atoms with Crippen LogP contribution in [0.5, 0.6) is 0 Å². The van der Waals surface area contributed by atoms with Gasteiger partial charge in [-0.2, -0.15) is 8.78 Å². The molecule has 0 saturated heterocycles. The Bertz CT molecular complexity index is 55.8. The van der Waals surface area contributed by atoms with E-state index in [0.29, 0.717) is 6.08 Å². The van der Waals surface area contributed by atoms with Gasteiger partial charge in [0.05, 0.1) is 0 Å². The van der Waals surface area contributed by atoms with Crippen molar-refractivity contribution in [1.82, 2.24) is 5.73 Å². The van der Waals surface area contributed by atoms with E-state index in [0.717, 1.165) is 0 Å². The average Bonchev–Trinajstić information content (AvgIpc) is 1.35. The van der Waals surface area contributed by atoms with Gasteiger partial charge in [-0.3, -0.25) is 5.73 Å². The molecule has 0 aliphatic heterocycles. The molecule has 0 spiro atoms. The first-order chi connectivity index (χ1) is 2.77. The molecule has 0 bridgehead atoms. The summed E-state index contributed by atoms with van der Waals surface area (Å²) in [7, 11) is 0. The minimum Gasteiger partial charge on any atom is -0.254 e. The number of hydrogen-bond acceptors (Lipinski definition) is 0. The minimum atomic E-state index is -1.77. The molecule has 1 N–H and O–H groups in total. The summed E-state index contributed by atoms with van der Waals surface area (Å²) < 4.78 is 21.6. The van der Waals surface area contributed by atoms with Crippen LogP contribution in [0.3, 0.4) is 0 Å². The summed E-state index contributed by atoms with van der Waals surface area (Å²) in [4.78, 5) is 0. The van der Waals surface area contributed by atoms with Crippen LogP contribution in [-0.2, 0) is 0 Å². The molecule has 0 aromatic heterocycles. The molecule has 35 valence electrons. The Morgan fingerprint density at radius 2 is 2.17 bits per heavy atom. The van der Waals surface area contributed by atoms with Crippen molar-refractivity contribution in [2.75, 3.05) is 6.54 Å². The van der Waals surface area contributed by atoms with Crippen molar-refractivity contribution in [3.8, 4) is 0 Å². The van der Waals surface area contributed by atoms with E-state index in [1.54, 1.807) is 0 Å². The zero-order valence-corrected chi connectivity index (χ0v) is 3.04. The first-order valence-corrected chi connectivity index (χ1v) is 1.43. The molecule has 0 atom stereocenters. The van der Waals surface area contributed by atoms with Gasteiger partial charge in [0.15, 0.2) is 0 Å². The van der Waals surface area contributed by atoms with Crippen molar-refractivity contribution < 1.29 is 8.78 Å². The molecule has 6 heavy (non-hydrogen) atoms. The quantitative estimate of drug-likeness (QED) is 0.461. The third-order valence-electron chi connectivity index (χ3n) is 0.256. The summed E-state index contributed by atoms with van der Waals surface area (Å²) >= 11 is 0. The number of halogens is 2. The highest BCUT2D eigenvalue weighted by atomic mass is 19.3. The number of rotatable bonds is 1. The predicted octanol–water partition coefficient (Wildman–Crippen LogP) is 1.05. The van der Waals surface area contributed by atoms with Gasteiger partial charge in [0.2, 0.25) is 0 Å². The van der Waals surface area contributed by atoms with Gasteiger partial charge < -0.3 is 0 Å². The molecule has 0 rings (SSSR count). The molecule has 0 aliphatic carbocycles. The Labute approximate surface area is 34.5 Å². The molecule has 0 aliphatic rings. The van der Waals surface area contributed by atoms with Gasteiger partial charge in [-0.1, -0.05) is 0 Å². The number of hydrogen-bond donors (Lipinski definition) is 0. The Kier molecular flexibility index (Phi) is 2.58. The zero-order valence-electron chi connectivity index (χ0n) is 3.04. The molecule has 0 aromatic rings. The SMILES string of the molecule is [NH]CC=C(F)F. The van der Waals surface area contributed by atoms with Crippen LogP contribution in [-0.4, -0.2) is 6.54 Å². The summed E-state index contributed by atoms with van der Waals surface area (Å²) in [5.74, 6) is 0. The molecule has 0 heterocycles. The molecule has 0 amide bonds. The van der Waals surface area contributed by atoms with Crippen LogP contribution >= 0.6 is 0 Å². The molecule has 0 saturated carbocycles. The van der Waals surface area contributed by atoms with Gasteiger partial charge in [0.1, 0.15) is 0 Å². The van der Waals surface area contributed by atoms with Gasteiger partial charge in [0.25, 0.3) is 6.08 Å². The Morgan fingerprint density at radius 1 is 1.67 bits per heavy atom. The van der Waals surface area contributed by atoms with Crippen LogP contribution in [0.25, 0.3) is 0 Å². The molecule has 3 heteroatoms. The largest absolute Gasteiger partial charge is 0.267 e. The van der Waals surface area contributed by atoms with Gasteiger partial charge in [-0.25, -0.2) is 0 Å². The summed E-state index contributed by atoms with van der Waals surface area (Å²) in [5, 5.41) is 0. The summed E-state index contributed by atoms with van der Waals surface area (Å²) in [6.45, 7) is -0.331. The fourth-order valence-corrected chi connectivity index (χ4v) is 0.0772. The van der Waals surface area contributed by atoms with E-state index in [1.165, 1.54) is 0 Å². The lowest BCUT2D eigenvalue weighted by Gasteiger charge is -1.70. The second-order valence-corrected chi connectivity index (χ2v) is 0.698. The highest BCUT2D eigenvalue weighted by Crippen LogP contribution is 1.92. The van der Waals surface area contributed by atoms with Gasteiger partial charge in [-0.15, -0.1) is 0 Å². The molecular weight excluding hydrogens is 88.0 g/mol. The van der Waals surface area contributed by atoms with Gasteiger partial charge in [-0.05, 0) is 6.08 Å². The Morgan fingerprint density at radius 3 is 2.17 bits per heavy atom. The van der Waals surface area contributed by atoms with Crippen molar-refractivity contribution in [3.05, 3.63) is 12.2 Å².